The van der Waals surface area contributed by atoms with Crippen LogP contribution < -0.4 is 11.4 Å². The molecule has 3 fully saturated rings. The second-order valence-corrected chi connectivity index (χ2v) is 15.9. The number of fused-ring (bicyclic) bond motifs is 5. The molecule has 0 aliphatic heterocycles. The zero-order valence-corrected chi connectivity index (χ0v) is 27.7. The third-order valence-corrected chi connectivity index (χ3v) is 13.7. The van der Waals surface area contributed by atoms with Gasteiger partial charge < -0.3 is 11.0 Å². The Morgan fingerprint density at radius 3 is 2.63 bits per heavy atom. The monoisotopic (exact) mass is 595 g/mol. The number of nitrogens with two attached hydrogens (primary N) is 1. The van der Waals surface area contributed by atoms with Crippen molar-refractivity contribution in [2.75, 3.05) is 12.3 Å². The molecule has 4 aliphatic rings. The van der Waals surface area contributed by atoms with Crippen molar-refractivity contribution in [3.05, 3.63) is 17.1 Å². The molecule has 35 heavy (non-hydrogen) atoms. The predicted molar refractivity (Wildman–Crippen MR) is 152 cm³/mol. The van der Waals surface area contributed by atoms with E-state index in [2.05, 4.69) is 62.4 Å². The van der Waals surface area contributed by atoms with Gasteiger partial charge in [-0.15, -0.1) is 6.54 Å². The van der Waals surface area contributed by atoms with Crippen LogP contribution in [0, 0.1) is 46.3 Å². The fourth-order valence-electron chi connectivity index (χ4n) is 9.03. The fourth-order valence-corrected chi connectivity index (χ4v) is 11.5. The minimum atomic E-state index is 0. The van der Waals surface area contributed by atoms with Crippen molar-refractivity contribution in [2.45, 2.75) is 110 Å². The first-order valence-electron chi connectivity index (χ1n) is 14.4. The number of rotatable bonds is 11. The van der Waals surface area contributed by atoms with Gasteiger partial charge in [-0.25, -0.2) is 0 Å². The number of hydrogen-bond acceptors (Lipinski definition) is 4. The number of hydrogen-bond donors (Lipinski definition) is 2. The van der Waals surface area contributed by atoms with Gasteiger partial charge in [0.15, 0.2) is 0 Å². The Morgan fingerprint density at radius 1 is 1.09 bits per heavy atom. The van der Waals surface area contributed by atoms with E-state index in [1.807, 2.05) is 16.4 Å². The summed E-state index contributed by atoms with van der Waals surface area (Å²) < 4.78 is 0. The molecule has 0 aromatic carbocycles. The predicted octanol–water partition coefficient (Wildman–Crippen LogP) is 8.53. The third kappa shape index (κ3) is 6.78. The first-order chi connectivity index (χ1) is 16.3. The average molecular weight is 596 g/mol. The maximum absolute atomic E-state index is 5.25. The second kappa shape index (κ2) is 13.7. The van der Waals surface area contributed by atoms with Crippen LogP contribution in [0.3, 0.4) is 0 Å². The molecule has 8 atom stereocenters. The van der Waals surface area contributed by atoms with E-state index in [0.29, 0.717) is 10.8 Å². The van der Waals surface area contributed by atoms with E-state index in [0.717, 1.165) is 53.1 Å². The minimum Gasteiger partial charge on any atom is -0.582 e. The van der Waals surface area contributed by atoms with E-state index in [1.165, 1.54) is 70.6 Å². The number of nitrogens with one attached hydrogen (secondary N) is 1. The molecule has 4 rings (SSSR count). The van der Waals surface area contributed by atoms with Crippen LogP contribution in [-0.2, 0) is 32.7 Å². The van der Waals surface area contributed by atoms with Gasteiger partial charge in [0, 0.05) is 38.0 Å². The van der Waals surface area contributed by atoms with Gasteiger partial charge in [-0.05, 0) is 103 Å². The number of allylic oxidation sites excluding steroid dienone is 2. The fraction of sp³-hybridized carbons (Fsp3) is 0.931. The summed E-state index contributed by atoms with van der Waals surface area (Å²) in [6.07, 6.45) is 18.5. The summed E-state index contributed by atoms with van der Waals surface area (Å²) in [4.78, 5) is 0. The van der Waals surface area contributed by atoms with Gasteiger partial charge in [-0.1, -0.05) is 87.1 Å². The zero-order chi connectivity index (χ0) is 24.3. The summed E-state index contributed by atoms with van der Waals surface area (Å²) in [5, 5.41) is 0.781. The Bertz CT molecular complexity index is 703. The quantitative estimate of drug-likeness (QED) is 0.0827. The van der Waals surface area contributed by atoms with Crippen LogP contribution in [0.4, 0.5) is 0 Å². The average Bonchev–Trinajstić information content (AvgIpc) is 3.16. The van der Waals surface area contributed by atoms with Crippen molar-refractivity contribution < 1.29 is 32.7 Å². The van der Waals surface area contributed by atoms with Gasteiger partial charge >= 0.3 is 0 Å². The maximum atomic E-state index is 5.25. The topological polar surface area (TPSA) is 52.2 Å². The van der Waals surface area contributed by atoms with E-state index < -0.39 is 0 Å². The van der Waals surface area contributed by atoms with Crippen molar-refractivity contribution in [1.29, 1.82) is 0 Å². The molecule has 0 heterocycles. The van der Waals surface area contributed by atoms with Gasteiger partial charge in [0.1, 0.15) is 0 Å². The van der Waals surface area contributed by atoms with Crippen molar-refractivity contribution >= 4 is 21.6 Å². The summed E-state index contributed by atoms with van der Waals surface area (Å²) in [6, 6.07) is 0. The Morgan fingerprint density at radius 2 is 1.89 bits per heavy atom. The molecule has 1 radical (unpaired) electrons. The van der Waals surface area contributed by atoms with Crippen molar-refractivity contribution in [1.82, 2.24) is 5.53 Å². The van der Waals surface area contributed by atoms with E-state index >= 15 is 0 Å². The first kappa shape index (κ1) is 31.0. The van der Waals surface area contributed by atoms with E-state index in [9.17, 15) is 0 Å². The van der Waals surface area contributed by atoms with Gasteiger partial charge in [-0.2, -0.15) is 0 Å². The van der Waals surface area contributed by atoms with Crippen LogP contribution >= 0.6 is 21.6 Å². The SMILES string of the molecule is CC(C)CCCC(C)C1CCC2C3CC=C4CC(SSCC[N-]NN)CCC4(C)C3CCC12C.[Y]. The zero-order valence-electron chi connectivity index (χ0n) is 23.2. The van der Waals surface area contributed by atoms with Crippen LogP contribution in [0.5, 0.6) is 0 Å². The standard InChI is InChI=1S/C29H52N3S2.Y/c1-20(2)7-6-8-21(3)25-11-12-26-24-10-9-22-19-23(34-33-18-17-31-32-30)13-15-28(22,4)27(24)14-16-29(25,26)5;/h9,20-21,23-27,32H,6-8,10-19,30H2,1-5H3;/q-1;. The molecule has 3 saturated carbocycles. The van der Waals surface area contributed by atoms with Crippen molar-refractivity contribution in [3.8, 4) is 0 Å². The summed E-state index contributed by atoms with van der Waals surface area (Å²) in [7, 11) is 4.09. The second-order valence-electron chi connectivity index (χ2n) is 13.1. The molecule has 0 saturated heterocycles. The Labute approximate surface area is 250 Å². The number of hydrazine groups is 1. The van der Waals surface area contributed by atoms with Gasteiger partial charge in [0.25, 0.3) is 0 Å². The van der Waals surface area contributed by atoms with Gasteiger partial charge in [0.2, 0.25) is 0 Å². The van der Waals surface area contributed by atoms with E-state index in [4.69, 9.17) is 5.84 Å². The molecule has 4 aliphatic carbocycles. The molecule has 3 N–H and O–H groups in total. The molecule has 0 spiro atoms. The molecule has 3 nitrogen and oxygen atoms in total. The Hall–Kier alpha value is 1.42. The van der Waals surface area contributed by atoms with Crippen LogP contribution in [0.25, 0.3) is 5.43 Å². The largest absolute Gasteiger partial charge is 0.582 e. The van der Waals surface area contributed by atoms with Crippen molar-refractivity contribution in [3.63, 3.8) is 0 Å². The Kier molecular flexibility index (Phi) is 12.1. The summed E-state index contributed by atoms with van der Waals surface area (Å²) in [5.41, 5.74) is 9.34. The summed E-state index contributed by atoms with van der Waals surface area (Å²) >= 11 is 0. The smallest absolute Gasteiger partial charge is 0.0189 e. The van der Waals surface area contributed by atoms with Crippen LogP contribution in [0.1, 0.15) is 105 Å². The molecule has 0 aromatic heterocycles. The van der Waals surface area contributed by atoms with Crippen LogP contribution in [0.15, 0.2) is 11.6 Å². The van der Waals surface area contributed by atoms with Gasteiger partial charge in [0.05, 0.1) is 0 Å². The maximum Gasteiger partial charge on any atom is 0.0189 e. The Balaban J connectivity index is 0.00000342. The normalized spacial score (nSPS) is 39.3. The van der Waals surface area contributed by atoms with E-state index in [1.54, 1.807) is 0 Å². The van der Waals surface area contributed by atoms with Crippen LogP contribution in [0.2, 0.25) is 0 Å². The molecule has 199 valence electrons. The summed E-state index contributed by atoms with van der Waals surface area (Å²) in [6.45, 7) is 13.5. The number of nitrogens with zero attached hydrogens (tertiary/aromatic N) is 1. The molecule has 8 unspecified atom stereocenters. The van der Waals surface area contributed by atoms with Crippen molar-refractivity contribution in [2.24, 2.45) is 52.2 Å². The summed E-state index contributed by atoms with van der Waals surface area (Å²) in [5.74, 6) is 11.9. The molecule has 0 amide bonds. The first-order valence-corrected chi connectivity index (χ1v) is 16.8. The molecule has 0 bridgehead atoms. The molecule has 6 heteroatoms. The van der Waals surface area contributed by atoms with E-state index in [-0.39, 0.29) is 32.7 Å². The van der Waals surface area contributed by atoms with Crippen LogP contribution in [-0.4, -0.2) is 17.5 Å². The molecule has 0 aromatic rings. The molecular weight excluding hydrogens is 543 g/mol. The minimum absolute atomic E-state index is 0. The third-order valence-electron chi connectivity index (χ3n) is 10.8. The van der Waals surface area contributed by atoms with Gasteiger partial charge in [-0.3, -0.25) is 5.84 Å². The molecular formula is C29H52N3S2Y-.